The molecule has 1 atom stereocenters. The van der Waals surface area contributed by atoms with Gasteiger partial charge >= 0.3 is 0 Å². The van der Waals surface area contributed by atoms with Crippen LogP contribution in [0.4, 0.5) is 0 Å². The Morgan fingerprint density at radius 3 is 3.00 bits per heavy atom. The number of methoxy groups -OCH3 is 1. The summed E-state index contributed by atoms with van der Waals surface area (Å²) < 4.78 is 35.2. The molecule has 0 aliphatic carbocycles. The van der Waals surface area contributed by atoms with Crippen LogP contribution in [0, 0.1) is 0 Å². The molecule has 1 aromatic carbocycles. The fraction of sp³-hybridized carbons (Fsp3) is 0.600. The minimum Gasteiger partial charge on any atom is -0.497 e. The Morgan fingerprint density at radius 2 is 2.27 bits per heavy atom. The molecular formula is C15H24N2O4S. The first kappa shape index (κ1) is 17.2. The zero-order valence-corrected chi connectivity index (χ0v) is 13.9. The lowest BCUT2D eigenvalue weighted by atomic mass is 10.3. The van der Waals surface area contributed by atoms with E-state index in [9.17, 15) is 8.42 Å². The van der Waals surface area contributed by atoms with Crippen LogP contribution in [-0.4, -0.2) is 72.1 Å². The fourth-order valence-electron chi connectivity index (χ4n) is 2.37. The van der Waals surface area contributed by atoms with Crippen molar-refractivity contribution in [1.82, 2.24) is 10.2 Å². The minimum absolute atomic E-state index is 0.0583. The lowest BCUT2D eigenvalue weighted by Crippen LogP contribution is -2.45. The third-order valence-electron chi connectivity index (χ3n) is 3.66. The van der Waals surface area contributed by atoms with Gasteiger partial charge in [0, 0.05) is 26.2 Å². The lowest BCUT2D eigenvalue weighted by Gasteiger charge is -2.30. The van der Waals surface area contributed by atoms with Crippen LogP contribution in [0.15, 0.2) is 29.2 Å². The average Bonchev–Trinajstić information content (AvgIpc) is 2.52. The first-order chi connectivity index (χ1) is 10.5. The highest BCUT2D eigenvalue weighted by atomic mass is 32.2. The first-order valence-corrected chi connectivity index (χ1v) is 9.04. The third-order valence-corrected chi connectivity index (χ3v) is 5.38. The Hall–Kier alpha value is -1.15. The zero-order chi connectivity index (χ0) is 16.0. The molecule has 0 aromatic heterocycles. The SMILES string of the molecule is COc1cccc(S(=O)(=O)CCNC[C@H]2CN(C)CCO2)c1. The molecular weight excluding hydrogens is 304 g/mol. The van der Waals surface area contributed by atoms with Gasteiger partial charge in [-0.1, -0.05) is 6.07 Å². The summed E-state index contributed by atoms with van der Waals surface area (Å²) in [5.41, 5.74) is 0. The molecule has 1 fully saturated rings. The van der Waals surface area contributed by atoms with Gasteiger partial charge in [0.15, 0.2) is 9.84 Å². The van der Waals surface area contributed by atoms with E-state index in [2.05, 4.69) is 17.3 Å². The normalized spacial score (nSPS) is 20.0. The highest BCUT2D eigenvalue weighted by Crippen LogP contribution is 2.17. The molecule has 1 heterocycles. The number of hydrogen-bond donors (Lipinski definition) is 1. The molecule has 0 unspecified atom stereocenters. The van der Waals surface area contributed by atoms with E-state index in [0.29, 0.717) is 23.7 Å². The Kier molecular flexibility index (Phi) is 6.19. The summed E-state index contributed by atoms with van der Waals surface area (Å²) in [6.07, 6.45) is 0.123. The van der Waals surface area contributed by atoms with E-state index >= 15 is 0 Å². The highest BCUT2D eigenvalue weighted by Gasteiger charge is 2.18. The van der Waals surface area contributed by atoms with Crippen LogP contribution < -0.4 is 10.1 Å². The molecule has 1 N–H and O–H groups in total. The first-order valence-electron chi connectivity index (χ1n) is 7.39. The van der Waals surface area contributed by atoms with E-state index in [0.717, 1.165) is 19.7 Å². The van der Waals surface area contributed by atoms with E-state index in [-0.39, 0.29) is 11.9 Å². The van der Waals surface area contributed by atoms with E-state index in [4.69, 9.17) is 9.47 Å². The van der Waals surface area contributed by atoms with Crippen LogP contribution in [0.3, 0.4) is 0 Å². The summed E-state index contributed by atoms with van der Waals surface area (Å²) >= 11 is 0. The van der Waals surface area contributed by atoms with Gasteiger partial charge in [0.05, 0.1) is 30.5 Å². The van der Waals surface area contributed by atoms with Gasteiger partial charge < -0.3 is 19.7 Å². The second-order valence-electron chi connectivity index (χ2n) is 5.46. The smallest absolute Gasteiger partial charge is 0.179 e. The van der Waals surface area contributed by atoms with Crippen molar-refractivity contribution in [3.8, 4) is 5.75 Å². The molecule has 22 heavy (non-hydrogen) atoms. The van der Waals surface area contributed by atoms with Gasteiger partial charge in [-0.2, -0.15) is 0 Å². The Labute approximate surface area is 132 Å². The predicted molar refractivity (Wildman–Crippen MR) is 85.2 cm³/mol. The van der Waals surface area contributed by atoms with Crippen LogP contribution in [0.25, 0.3) is 0 Å². The molecule has 6 nitrogen and oxygen atoms in total. The van der Waals surface area contributed by atoms with Crippen molar-refractivity contribution in [2.75, 3.05) is 52.7 Å². The average molecular weight is 328 g/mol. The molecule has 1 aliphatic heterocycles. The fourth-order valence-corrected chi connectivity index (χ4v) is 3.60. The second kappa shape index (κ2) is 7.92. The van der Waals surface area contributed by atoms with Gasteiger partial charge in [-0.05, 0) is 25.2 Å². The predicted octanol–water partition coefficient (Wildman–Crippen LogP) is 0.389. The maximum atomic E-state index is 12.3. The van der Waals surface area contributed by atoms with Crippen molar-refractivity contribution in [2.24, 2.45) is 0 Å². The molecule has 0 spiro atoms. The van der Waals surface area contributed by atoms with Crippen LogP contribution in [-0.2, 0) is 14.6 Å². The van der Waals surface area contributed by atoms with E-state index in [1.54, 1.807) is 24.3 Å². The number of morpholine rings is 1. The third kappa shape index (κ3) is 4.95. The summed E-state index contributed by atoms with van der Waals surface area (Å²) in [4.78, 5) is 2.50. The molecule has 1 aliphatic rings. The Morgan fingerprint density at radius 1 is 1.45 bits per heavy atom. The van der Waals surface area contributed by atoms with Gasteiger partial charge in [0.25, 0.3) is 0 Å². The molecule has 0 radical (unpaired) electrons. The van der Waals surface area contributed by atoms with Crippen LogP contribution >= 0.6 is 0 Å². The molecule has 0 saturated carbocycles. The highest BCUT2D eigenvalue weighted by molar-refractivity contribution is 7.91. The number of likely N-dealkylation sites (N-methyl/N-ethyl adjacent to an activating group) is 1. The molecule has 124 valence electrons. The number of ether oxygens (including phenoxy) is 2. The van der Waals surface area contributed by atoms with Gasteiger partial charge in [0.2, 0.25) is 0 Å². The molecule has 2 rings (SSSR count). The molecule has 0 bridgehead atoms. The Balaban J connectivity index is 1.80. The summed E-state index contributed by atoms with van der Waals surface area (Å²) in [6.45, 7) is 3.61. The van der Waals surface area contributed by atoms with Crippen LogP contribution in [0.5, 0.6) is 5.75 Å². The standard InChI is InChI=1S/C15H24N2O4S/c1-17-7-8-21-14(12-17)11-16-6-9-22(18,19)15-5-3-4-13(10-15)20-2/h3-5,10,14,16H,6-9,11-12H2,1-2H3/t14-/m0/s1. The van der Waals surface area contributed by atoms with Crippen molar-refractivity contribution in [1.29, 1.82) is 0 Å². The van der Waals surface area contributed by atoms with Crippen LogP contribution in [0.1, 0.15) is 0 Å². The van der Waals surface area contributed by atoms with Crippen molar-refractivity contribution < 1.29 is 17.9 Å². The number of nitrogens with zero attached hydrogens (tertiary/aromatic N) is 1. The van der Waals surface area contributed by atoms with Crippen molar-refractivity contribution in [3.05, 3.63) is 24.3 Å². The van der Waals surface area contributed by atoms with Gasteiger partial charge in [-0.25, -0.2) is 8.42 Å². The number of benzene rings is 1. The quantitative estimate of drug-likeness (QED) is 0.730. The monoisotopic (exact) mass is 328 g/mol. The number of rotatable bonds is 7. The molecule has 1 saturated heterocycles. The minimum atomic E-state index is -3.30. The molecule has 0 amide bonds. The zero-order valence-electron chi connectivity index (χ0n) is 13.1. The van der Waals surface area contributed by atoms with Gasteiger partial charge in [-0.3, -0.25) is 0 Å². The van der Waals surface area contributed by atoms with E-state index in [1.807, 2.05) is 0 Å². The van der Waals surface area contributed by atoms with Gasteiger partial charge in [0.1, 0.15) is 5.75 Å². The summed E-state index contributed by atoms with van der Waals surface area (Å²) in [6, 6.07) is 6.56. The van der Waals surface area contributed by atoms with E-state index < -0.39 is 9.84 Å². The second-order valence-corrected chi connectivity index (χ2v) is 7.57. The maximum Gasteiger partial charge on any atom is 0.179 e. The number of nitrogens with one attached hydrogen (secondary N) is 1. The molecule has 7 heteroatoms. The lowest BCUT2D eigenvalue weighted by molar-refractivity contribution is -0.0178. The number of sulfone groups is 1. The topological polar surface area (TPSA) is 67.9 Å². The van der Waals surface area contributed by atoms with Crippen molar-refractivity contribution >= 4 is 9.84 Å². The number of hydrogen-bond acceptors (Lipinski definition) is 6. The summed E-state index contributed by atoms with van der Waals surface area (Å²) in [5, 5.41) is 3.17. The summed E-state index contributed by atoms with van der Waals surface area (Å²) in [7, 11) is 0.280. The van der Waals surface area contributed by atoms with E-state index in [1.165, 1.54) is 7.11 Å². The molecule has 1 aromatic rings. The Bertz CT molecular complexity index is 577. The maximum absolute atomic E-state index is 12.3. The van der Waals surface area contributed by atoms with Crippen molar-refractivity contribution in [3.63, 3.8) is 0 Å². The van der Waals surface area contributed by atoms with Crippen molar-refractivity contribution in [2.45, 2.75) is 11.0 Å². The van der Waals surface area contributed by atoms with Crippen LogP contribution in [0.2, 0.25) is 0 Å². The largest absolute Gasteiger partial charge is 0.497 e. The van der Waals surface area contributed by atoms with Gasteiger partial charge in [-0.15, -0.1) is 0 Å². The summed E-state index contributed by atoms with van der Waals surface area (Å²) in [5.74, 6) is 0.607.